The molecule has 1 amide bonds. The quantitative estimate of drug-likeness (QED) is 0.289. The van der Waals surface area contributed by atoms with E-state index in [-0.39, 0.29) is 32.0 Å². The van der Waals surface area contributed by atoms with E-state index < -0.39 is 6.10 Å². The molecule has 10 heteroatoms. The van der Waals surface area contributed by atoms with Gasteiger partial charge < -0.3 is 25.4 Å². The fourth-order valence-electron chi connectivity index (χ4n) is 4.01. The number of amides is 1. The van der Waals surface area contributed by atoms with Gasteiger partial charge in [0.2, 0.25) is 11.7 Å². The van der Waals surface area contributed by atoms with Crippen molar-refractivity contribution in [3.8, 4) is 27.9 Å². The number of ether oxygens (including phenoxy) is 1. The highest BCUT2D eigenvalue weighted by Gasteiger charge is 2.18. The Morgan fingerprint density at radius 1 is 1.22 bits per heavy atom. The van der Waals surface area contributed by atoms with Crippen molar-refractivity contribution in [2.75, 3.05) is 32.8 Å². The van der Waals surface area contributed by atoms with E-state index in [1.807, 2.05) is 26.0 Å². The van der Waals surface area contributed by atoms with Gasteiger partial charge in [-0.1, -0.05) is 25.9 Å². The Morgan fingerprint density at radius 2 is 1.97 bits per heavy atom. The average Bonchev–Trinajstić information content (AvgIpc) is 3.52. The number of carbonyl (C=O) groups excluding carboxylic acids is 1. The molecular formula is C27H39N5O4S. The number of aromatic nitrogens is 2. The summed E-state index contributed by atoms with van der Waals surface area (Å²) in [4.78, 5) is 20.9. The Hall–Kier alpha value is -2.79. The first kappa shape index (κ1) is 28.8. The van der Waals surface area contributed by atoms with E-state index in [4.69, 9.17) is 20.0 Å². The molecule has 0 radical (unpaired) electrons. The standard InChI is InChI=1S/C27H39N5O4S/c1-6-19-13-20(11-18(5)25(19)35-16-21(33)14-29-24(34)9-10-28)26-30-27(36-31-26)22-12-17(4)23(37-22)15-32(7-2)8-3/h11-13,21,33H,6-10,14-16,28H2,1-5H3,(H,29,34)/t21-/m0/s1. The molecule has 1 atom stereocenters. The van der Waals surface area contributed by atoms with Crippen molar-refractivity contribution in [2.24, 2.45) is 5.73 Å². The number of aliphatic hydroxyl groups excluding tert-OH is 1. The van der Waals surface area contributed by atoms with Gasteiger partial charge in [-0.05, 0) is 68.2 Å². The van der Waals surface area contributed by atoms with E-state index >= 15 is 0 Å². The lowest BCUT2D eigenvalue weighted by molar-refractivity contribution is -0.121. The van der Waals surface area contributed by atoms with Crippen molar-refractivity contribution < 1.29 is 19.2 Å². The molecule has 3 aromatic rings. The molecule has 2 aromatic heterocycles. The van der Waals surface area contributed by atoms with Crippen LogP contribution >= 0.6 is 11.3 Å². The van der Waals surface area contributed by atoms with Crippen molar-refractivity contribution in [2.45, 2.75) is 60.1 Å². The van der Waals surface area contributed by atoms with Crippen LogP contribution in [0, 0.1) is 13.8 Å². The number of nitrogens with one attached hydrogen (secondary N) is 1. The number of hydrogen-bond acceptors (Lipinski definition) is 9. The van der Waals surface area contributed by atoms with Crippen molar-refractivity contribution in [1.82, 2.24) is 20.4 Å². The first-order valence-electron chi connectivity index (χ1n) is 12.9. The number of aryl methyl sites for hydroxylation is 3. The van der Waals surface area contributed by atoms with Crippen LogP contribution < -0.4 is 15.8 Å². The van der Waals surface area contributed by atoms with Crippen LogP contribution in [0.15, 0.2) is 22.7 Å². The van der Waals surface area contributed by atoms with Gasteiger partial charge in [0.25, 0.3) is 5.89 Å². The fraction of sp³-hybridized carbons (Fsp3) is 0.519. The summed E-state index contributed by atoms with van der Waals surface area (Å²) in [5.74, 6) is 1.58. The predicted molar refractivity (Wildman–Crippen MR) is 147 cm³/mol. The Balaban J connectivity index is 1.72. The molecule has 0 spiro atoms. The highest BCUT2D eigenvalue weighted by atomic mass is 32.1. The molecule has 0 bridgehead atoms. The van der Waals surface area contributed by atoms with Crippen molar-refractivity contribution in [3.05, 3.63) is 39.8 Å². The molecule has 0 saturated heterocycles. The van der Waals surface area contributed by atoms with Crippen LogP contribution in [-0.2, 0) is 17.8 Å². The molecule has 3 rings (SSSR count). The Labute approximate surface area is 223 Å². The van der Waals surface area contributed by atoms with E-state index in [9.17, 15) is 9.90 Å². The number of aliphatic hydroxyl groups is 1. The van der Waals surface area contributed by atoms with Gasteiger partial charge in [-0.15, -0.1) is 11.3 Å². The Morgan fingerprint density at radius 3 is 2.65 bits per heavy atom. The van der Waals surface area contributed by atoms with Crippen LogP contribution in [0.1, 0.15) is 48.8 Å². The fourth-order valence-corrected chi connectivity index (χ4v) is 5.15. The minimum atomic E-state index is -0.828. The summed E-state index contributed by atoms with van der Waals surface area (Å²) < 4.78 is 11.6. The first-order valence-corrected chi connectivity index (χ1v) is 13.7. The van der Waals surface area contributed by atoms with E-state index in [1.54, 1.807) is 11.3 Å². The molecule has 0 fully saturated rings. The molecule has 0 unspecified atom stereocenters. The first-order chi connectivity index (χ1) is 17.8. The van der Waals surface area contributed by atoms with Crippen molar-refractivity contribution in [3.63, 3.8) is 0 Å². The van der Waals surface area contributed by atoms with Gasteiger partial charge in [0.1, 0.15) is 18.5 Å². The summed E-state index contributed by atoms with van der Waals surface area (Å²) in [7, 11) is 0. The number of carbonyl (C=O) groups is 1. The maximum atomic E-state index is 11.6. The van der Waals surface area contributed by atoms with Crippen molar-refractivity contribution in [1.29, 1.82) is 0 Å². The second-order valence-electron chi connectivity index (χ2n) is 9.04. The molecule has 0 aliphatic carbocycles. The molecule has 202 valence electrons. The number of nitrogens with two attached hydrogens (primary N) is 1. The zero-order chi connectivity index (χ0) is 26.9. The molecule has 9 nitrogen and oxygen atoms in total. The molecule has 1 aromatic carbocycles. The average molecular weight is 530 g/mol. The van der Waals surface area contributed by atoms with E-state index in [1.165, 1.54) is 10.4 Å². The largest absolute Gasteiger partial charge is 0.490 e. The maximum absolute atomic E-state index is 11.6. The van der Waals surface area contributed by atoms with Crippen LogP contribution in [-0.4, -0.2) is 64.9 Å². The van der Waals surface area contributed by atoms with Crippen LogP contribution in [0.25, 0.3) is 22.2 Å². The molecular weight excluding hydrogens is 490 g/mol. The molecule has 2 heterocycles. The lowest BCUT2D eigenvalue weighted by Gasteiger charge is -2.17. The summed E-state index contributed by atoms with van der Waals surface area (Å²) in [6, 6.07) is 6.08. The zero-order valence-corrected chi connectivity index (χ0v) is 23.3. The molecule has 0 aliphatic heterocycles. The monoisotopic (exact) mass is 529 g/mol. The highest BCUT2D eigenvalue weighted by molar-refractivity contribution is 7.15. The summed E-state index contributed by atoms with van der Waals surface area (Å²) >= 11 is 1.70. The third kappa shape index (κ3) is 7.61. The van der Waals surface area contributed by atoms with Crippen LogP contribution in [0.4, 0.5) is 0 Å². The van der Waals surface area contributed by atoms with Gasteiger partial charge in [0.05, 0.1) is 4.88 Å². The van der Waals surface area contributed by atoms with Crippen LogP contribution in [0.2, 0.25) is 0 Å². The van der Waals surface area contributed by atoms with Crippen LogP contribution in [0.5, 0.6) is 5.75 Å². The lowest BCUT2D eigenvalue weighted by Crippen LogP contribution is -2.36. The second-order valence-corrected chi connectivity index (χ2v) is 10.2. The number of thiophene rings is 1. The van der Waals surface area contributed by atoms with Gasteiger partial charge in [0, 0.05) is 36.5 Å². The number of nitrogens with zero attached hydrogens (tertiary/aromatic N) is 3. The molecule has 0 aliphatic rings. The minimum absolute atomic E-state index is 0.0655. The van der Waals surface area contributed by atoms with E-state index in [2.05, 4.69) is 42.2 Å². The van der Waals surface area contributed by atoms with Gasteiger partial charge in [-0.3, -0.25) is 9.69 Å². The zero-order valence-electron chi connectivity index (χ0n) is 22.5. The van der Waals surface area contributed by atoms with Gasteiger partial charge in [0.15, 0.2) is 0 Å². The molecule has 37 heavy (non-hydrogen) atoms. The van der Waals surface area contributed by atoms with E-state index in [0.717, 1.165) is 53.4 Å². The van der Waals surface area contributed by atoms with Gasteiger partial charge in [-0.25, -0.2) is 0 Å². The Bertz CT molecular complexity index is 1170. The normalized spacial score (nSPS) is 12.2. The smallest absolute Gasteiger partial charge is 0.268 e. The second kappa shape index (κ2) is 13.7. The van der Waals surface area contributed by atoms with Gasteiger partial charge in [-0.2, -0.15) is 4.98 Å². The third-order valence-corrected chi connectivity index (χ3v) is 7.45. The predicted octanol–water partition coefficient (Wildman–Crippen LogP) is 3.69. The number of benzene rings is 1. The van der Waals surface area contributed by atoms with Crippen molar-refractivity contribution >= 4 is 17.2 Å². The molecule has 0 saturated carbocycles. The summed E-state index contributed by atoms with van der Waals surface area (Å²) in [6.45, 7) is 13.9. The third-order valence-electron chi connectivity index (χ3n) is 6.24. The number of rotatable bonds is 14. The van der Waals surface area contributed by atoms with E-state index in [0.29, 0.717) is 11.7 Å². The summed E-state index contributed by atoms with van der Waals surface area (Å²) in [5.41, 5.74) is 9.35. The van der Waals surface area contributed by atoms with Gasteiger partial charge >= 0.3 is 0 Å². The summed E-state index contributed by atoms with van der Waals surface area (Å²) in [5, 5.41) is 17.1. The maximum Gasteiger partial charge on any atom is 0.268 e. The minimum Gasteiger partial charge on any atom is -0.490 e. The lowest BCUT2D eigenvalue weighted by atomic mass is 10.0. The Kier molecular flexibility index (Phi) is 10.6. The molecule has 4 N–H and O–H groups in total. The van der Waals surface area contributed by atoms with Crippen LogP contribution in [0.3, 0.4) is 0 Å². The topological polar surface area (TPSA) is 127 Å². The SMILES string of the molecule is CCc1cc(-c2noc(-c3cc(C)c(CN(CC)CC)s3)n2)cc(C)c1OC[C@@H](O)CNC(=O)CCN. The summed E-state index contributed by atoms with van der Waals surface area (Å²) in [6.07, 6.45) is 0.137. The highest BCUT2D eigenvalue weighted by Crippen LogP contribution is 2.34. The number of hydrogen-bond donors (Lipinski definition) is 3.